The van der Waals surface area contributed by atoms with Gasteiger partial charge in [0.1, 0.15) is 10.7 Å². The third kappa shape index (κ3) is 3.85. The standard InChI is InChI=1S/C23H25N7OS/c1-3-30-20-18(14-19(22(30)31)21-25-10-13-32-21)15(2)26-23(28-20)27-16-4-6-17(7-5-16)29-11-8-24-9-12-29/h4-7,10,13-14,24H,3,8-9,11-12H2,1-2H3,(H,26,27,28). The Kier molecular flexibility index (Phi) is 5.59. The van der Waals surface area contributed by atoms with E-state index in [1.54, 1.807) is 10.8 Å². The first-order chi connectivity index (χ1) is 15.6. The smallest absolute Gasteiger partial charge is 0.262 e. The predicted molar refractivity (Wildman–Crippen MR) is 130 cm³/mol. The highest BCUT2D eigenvalue weighted by Crippen LogP contribution is 2.26. The average molecular weight is 448 g/mol. The van der Waals surface area contributed by atoms with Crippen molar-refractivity contribution < 1.29 is 0 Å². The Labute approximate surface area is 190 Å². The first-order valence-corrected chi connectivity index (χ1v) is 11.7. The summed E-state index contributed by atoms with van der Waals surface area (Å²) in [5.74, 6) is 0.480. The van der Waals surface area contributed by atoms with Crippen molar-refractivity contribution in [2.45, 2.75) is 20.4 Å². The SMILES string of the molecule is CCn1c(=O)c(-c2nccs2)cc2c(C)nc(Nc3ccc(N4CCNCC4)cc3)nc21. The summed E-state index contributed by atoms with van der Waals surface area (Å²) in [5.41, 5.74) is 4.07. The van der Waals surface area contributed by atoms with Crippen molar-refractivity contribution in [2.24, 2.45) is 0 Å². The van der Waals surface area contributed by atoms with Crippen LogP contribution >= 0.6 is 11.3 Å². The average Bonchev–Trinajstić information content (AvgIpc) is 3.35. The van der Waals surface area contributed by atoms with E-state index in [1.807, 2.05) is 37.4 Å². The molecule has 1 aliphatic heterocycles. The fourth-order valence-electron chi connectivity index (χ4n) is 4.06. The Balaban J connectivity index is 1.49. The molecule has 1 aromatic carbocycles. The topological polar surface area (TPSA) is 88.0 Å². The molecule has 0 bridgehead atoms. The van der Waals surface area contributed by atoms with Gasteiger partial charge in [0.2, 0.25) is 5.95 Å². The molecule has 0 atom stereocenters. The van der Waals surface area contributed by atoms with E-state index >= 15 is 0 Å². The van der Waals surface area contributed by atoms with Crippen molar-refractivity contribution >= 4 is 39.7 Å². The van der Waals surface area contributed by atoms with Gasteiger partial charge in [0.15, 0.2) is 0 Å². The van der Waals surface area contributed by atoms with Crippen LogP contribution in [0.3, 0.4) is 0 Å². The zero-order valence-corrected chi connectivity index (χ0v) is 18.9. The Hall–Kier alpha value is -3.30. The molecular weight excluding hydrogens is 422 g/mol. The second-order valence-electron chi connectivity index (χ2n) is 7.72. The molecule has 164 valence electrons. The maximum absolute atomic E-state index is 13.1. The van der Waals surface area contributed by atoms with E-state index in [4.69, 9.17) is 4.98 Å². The number of benzene rings is 1. The molecule has 0 saturated carbocycles. The van der Waals surface area contributed by atoms with E-state index in [9.17, 15) is 4.79 Å². The number of pyridine rings is 1. The zero-order chi connectivity index (χ0) is 22.1. The van der Waals surface area contributed by atoms with Crippen LogP contribution in [0.15, 0.2) is 46.7 Å². The molecule has 0 amide bonds. The third-order valence-electron chi connectivity index (χ3n) is 5.72. The minimum atomic E-state index is -0.0839. The fourth-order valence-corrected chi connectivity index (χ4v) is 4.70. The lowest BCUT2D eigenvalue weighted by molar-refractivity contribution is 0.589. The molecule has 2 N–H and O–H groups in total. The maximum atomic E-state index is 13.1. The second-order valence-corrected chi connectivity index (χ2v) is 8.62. The molecule has 4 aromatic rings. The van der Waals surface area contributed by atoms with Crippen LogP contribution in [-0.4, -0.2) is 45.7 Å². The summed E-state index contributed by atoms with van der Waals surface area (Å²) in [5, 5.41) is 10.1. The third-order valence-corrected chi connectivity index (χ3v) is 6.53. The summed E-state index contributed by atoms with van der Waals surface area (Å²) in [7, 11) is 0. The zero-order valence-electron chi connectivity index (χ0n) is 18.1. The van der Waals surface area contributed by atoms with Crippen LogP contribution in [0, 0.1) is 6.92 Å². The molecule has 5 rings (SSSR count). The number of nitrogens with one attached hydrogen (secondary N) is 2. The number of hydrogen-bond acceptors (Lipinski definition) is 8. The maximum Gasteiger partial charge on any atom is 0.262 e. The van der Waals surface area contributed by atoms with E-state index in [0.717, 1.165) is 42.9 Å². The van der Waals surface area contributed by atoms with Gasteiger partial charge in [-0.1, -0.05) is 0 Å². The second kappa shape index (κ2) is 8.68. The quantitative estimate of drug-likeness (QED) is 0.485. The van der Waals surface area contributed by atoms with Gasteiger partial charge in [0.25, 0.3) is 5.56 Å². The van der Waals surface area contributed by atoms with Crippen molar-refractivity contribution in [1.29, 1.82) is 0 Å². The van der Waals surface area contributed by atoms with Crippen LogP contribution in [0.2, 0.25) is 0 Å². The molecule has 1 aliphatic rings. The van der Waals surface area contributed by atoms with Gasteiger partial charge in [-0.15, -0.1) is 11.3 Å². The van der Waals surface area contributed by atoms with Gasteiger partial charge in [0.05, 0.1) is 11.3 Å². The van der Waals surface area contributed by atoms with E-state index in [2.05, 4.69) is 37.6 Å². The number of aryl methyl sites for hydroxylation is 2. The van der Waals surface area contributed by atoms with Crippen molar-refractivity contribution in [2.75, 3.05) is 36.4 Å². The monoisotopic (exact) mass is 447 g/mol. The Morgan fingerprint density at radius 1 is 1.16 bits per heavy atom. The Morgan fingerprint density at radius 3 is 2.62 bits per heavy atom. The largest absolute Gasteiger partial charge is 0.369 e. The van der Waals surface area contributed by atoms with Crippen molar-refractivity contribution in [3.8, 4) is 10.6 Å². The van der Waals surface area contributed by atoms with Gasteiger partial charge in [-0.3, -0.25) is 9.36 Å². The van der Waals surface area contributed by atoms with Crippen LogP contribution in [0.4, 0.5) is 17.3 Å². The fraction of sp³-hybridized carbons (Fsp3) is 0.304. The lowest BCUT2D eigenvalue weighted by Crippen LogP contribution is -2.43. The highest BCUT2D eigenvalue weighted by molar-refractivity contribution is 7.13. The molecule has 0 radical (unpaired) electrons. The van der Waals surface area contributed by atoms with Crippen molar-refractivity contribution in [1.82, 2.24) is 24.8 Å². The Bertz CT molecular complexity index is 1290. The van der Waals surface area contributed by atoms with E-state index in [0.29, 0.717) is 28.7 Å². The van der Waals surface area contributed by atoms with Gasteiger partial charge in [-0.2, -0.15) is 4.98 Å². The highest BCUT2D eigenvalue weighted by atomic mass is 32.1. The molecule has 9 heteroatoms. The number of piperazine rings is 1. The van der Waals surface area contributed by atoms with Gasteiger partial charge in [-0.25, -0.2) is 9.97 Å². The van der Waals surface area contributed by atoms with E-state index in [1.165, 1.54) is 17.0 Å². The van der Waals surface area contributed by atoms with Gasteiger partial charge >= 0.3 is 0 Å². The molecule has 0 unspecified atom stereocenters. The van der Waals surface area contributed by atoms with Crippen molar-refractivity contribution in [3.05, 3.63) is 58.0 Å². The molecule has 0 aliphatic carbocycles. The predicted octanol–water partition coefficient (Wildman–Crippen LogP) is 3.40. The molecule has 8 nitrogen and oxygen atoms in total. The van der Waals surface area contributed by atoms with Gasteiger partial charge in [-0.05, 0) is 44.2 Å². The molecule has 0 spiro atoms. The lowest BCUT2D eigenvalue weighted by atomic mass is 10.2. The molecule has 32 heavy (non-hydrogen) atoms. The summed E-state index contributed by atoms with van der Waals surface area (Å²) in [6.45, 7) is 8.45. The van der Waals surface area contributed by atoms with Crippen LogP contribution < -0.4 is 21.1 Å². The number of aromatic nitrogens is 4. The normalized spacial score (nSPS) is 14.1. The minimum Gasteiger partial charge on any atom is -0.369 e. The molecule has 4 heterocycles. The van der Waals surface area contributed by atoms with E-state index in [-0.39, 0.29) is 5.56 Å². The number of rotatable bonds is 5. The number of hydrogen-bond donors (Lipinski definition) is 2. The van der Waals surface area contributed by atoms with Gasteiger partial charge in [0, 0.05) is 61.1 Å². The number of anilines is 3. The van der Waals surface area contributed by atoms with Crippen LogP contribution in [0.25, 0.3) is 21.6 Å². The van der Waals surface area contributed by atoms with Crippen LogP contribution in [0.5, 0.6) is 0 Å². The molecule has 1 fully saturated rings. The number of nitrogens with zero attached hydrogens (tertiary/aromatic N) is 5. The van der Waals surface area contributed by atoms with Gasteiger partial charge < -0.3 is 15.5 Å². The minimum absolute atomic E-state index is 0.0839. The first kappa shape index (κ1) is 20.6. The summed E-state index contributed by atoms with van der Waals surface area (Å²) in [6, 6.07) is 10.2. The number of thiazole rings is 1. The lowest BCUT2D eigenvalue weighted by Gasteiger charge is -2.29. The van der Waals surface area contributed by atoms with Crippen molar-refractivity contribution in [3.63, 3.8) is 0 Å². The van der Waals surface area contributed by atoms with Crippen LogP contribution in [0.1, 0.15) is 12.6 Å². The molecular formula is C23H25N7OS. The van der Waals surface area contributed by atoms with E-state index < -0.39 is 0 Å². The summed E-state index contributed by atoms with van der Waals surface area (Å²) in [6.07, 6.45) is 1.71. The number of fused-ring (bicyclic) bond motifs is 1. The highest BCUT2D eigenvalue weighted by Gasteiger charge is 2.16. The first-order valence-electron chi connectivity index (χ1n) is 10.8. The molecule has 3 aromatic heterocycles. The molecule has 1 saturated heterocycles. The van der Waals surface area contributed by atoms with Crippen LogP contribution in [-0.2, 0) is 6.54 Å². The Morgan fingerprint density at radius 2 is 1.94 bits per heavy atom. The summed E-state index contributed by atoms with van der Waals surface area (Å²) >= 11 is 1.46. The summed E-state index contributed by atoms with van der Waals surface area (Å²) in [4.78, 5) is 29.2. The summed E-state index contributed by atoms with van der Waals surface area (Å²) < 4.78 is 1.69.